The Morgan fingerprint density at radius 1 is 1.11 bits per heavy atom. The van der Waals surface area contributed by atoms with E-state index in [2.05, 4.69) is 17.1 Å². The highest BCUT2D eigenvalue weighted by molar-refractivity contribution is 7.89. The molecule has 1 unspecified atom stereocenters. The van der Waals surface area contributed by atoms with Crippen molar-refractivity contribution in [1.82, 2.24) is 14.5 Å². The largest absolute Gasteiger partial charge is 0.354 e. The van der Waals surface area contributed by atoms with Crippen molar-refractivity contribution in [2.75, 3.05) is 32.7 Å². The first-order chi connectivity index (χ1) is 13.4. The molecule has 6 nitrogen and oxygen atoms in total. The molecule has 2 saturated heterocycles. The molecule has 0 spiro atoms. The number of likely N-dealkylation sites (tertiary alicyclic amines) is 1. The van der Waals surface area contributed by atoms with Crippen molar-refractivity contribution in [3.8, 4) is 0 Å². The number of hydrogen-bond donors (Lipinski definition) is 1. The van der Waals surface area contributed by atoms with E-state index < -0.39 is 10.0 Å². The number of aryl methyl sites for hydroxylation is 1. The van der Waals surface area contributed by atoms with Crippen LogP contribution >= 0.6 is 0 Å². The van der Waals surface area contributed by atoms with Gasteiger partial charge in [-0.1, -0.05) is 24.6 Å². The summed E-state index contributed by atoms with van der Waals surface area (Å²) in [7, 11) is -3.47. The Kier molecular flexibility index (Phi) is 7.12. The van der Waals surface area contributed by atoms with E-state index in [1.165, 1.54) is 17.1 Å². The van der Waals surface area contributed by atoms with Gasteiger partial charge in [0, 0.05) is 31.6 Å². The average Bonchev–Trinajstić information content (AvgIpc) is 3.23. The lowest BCUT2D eigenvalue weighted by molar-refractivity contribution is -0.126. The summed E-state index contributed by atoms with van der Waals surface area (Å²) in [5.41, 5.74) is 1.04. The van der Waals surface area contributed by atoms with Gasteiger partial charge in [-0.3, -0.25) is 9.69 Å². The first-order valence-corrected chi connectivity index (χ1v) is 11.9. The maximum atomic E-state index is 12.8. The van der Waals surface area contributed by atoms with Crippen LogP contribution in [0, 0.1) is 12.8 Å². The van der Waals surface area contributed by atoms with E-state index in [0.717, 1.165) is 25.1 Å². The van der Waals surface area contributed by atoms with Crippen molar-refractivity contribution in [3.63, 3.8) is 0 Å². The number of carbonyl (C=O) groups excluding carboxylic acids is 1. The molecule has 28 heavy (non-hydrogen) atoms. The molecule has 0 aliphatic carbocycles. The van der Waals surface area contributed by atoms with Crippen molar-refractivity contribution in [2.45, 2.75) is 56.9 Å². The zero-order chi connectivity index (χ0) is 20.1. The molecule has 0 radical (unpaired) electrons. The lowest BCUT2D eigenvalue weighted by atomic mass is 9.97. The van der Waals surface area contributed by atoms with E-state index in [0.29, 0.717) is 43.4 Å². The molecule has 3 rings (SSSR count). The normalized spacial score (nSPS) is 20.9. The number of rotatable bonds is 7. The van der Waals surface area contributed by atoms with Crippen LogP contribution in [-0.4, -0.2) is 62.3 Å². The minimum atomic E-state index is -3.47. The number of carbonyl (C=O) groups is 1. The number of benzene rings is 1. The molecule has 2 heterocycles. The second-order valence-corrected chi connectivity index (χ2v) is 9.98. The molecule has 1 aromatic carbocycles. The monoisotopic (exact) mass is 407 g/mol. The molecule has 0 aromatic heterocycles. The number of nitrogens with zero attached hydrogens (tertiary/aromatic N) is 2. The Balaban J connectivity index is 1.50. The quantitative estimate of drug-likeness (QED) is 0.753. The molecule has 2 fully saturated rings. The van der Waals surface area contributed by atoms with Gasteiger partial charge in [0.15, 0.2) is 0 Å². The van der Waals surface area contributed by atoms with E-state index in [1.807, 2.05) is 19.1 Å². The van der Waals surface area contributed by atoms with Gasteiger partial charge in [0.1, 0.15) is 0 Å². The topological polar surface area (TPSA) is 69.7 Å². The van der Waals surface area contributed by atoms with Crippen molar-refractivity contribution >= 4 is 15.9 Å². The van der Waals surface area contributed by atoms with Crippen LogP contribution < -0.4 is 5.32 Å². The second-order valence-electron chi connectivity index (χ2n) is 8.04. The van der Waals surface area contributed by atoms with E-state index >= 15 is 0 Å². The molecule has 156 valence electrons. The zero-order valence-electron chi connectivity index (χ0n) is 17.1. The number of nitrogens with one attached hydrogen (secondary N) is 1. The predicted octanol–water partition coefficient (Wildman–Crippen LogP) is 2.39. The summed E-state index contributed by atoms with van der Waals surface area (Å²) < 4.78 is 27.1. The van der Waals surface area contributed by atoms with Crippen LogP contribution in [0.2, 0.25) is 0 Å². The number of piperidine rings is 1. The number of sulfonamides is 1. The molecule has 1 aromatic rings. The standard InChI is InChI=1S/C21H33N3O3S/c1-3-19(23-12-4-5-13-23)16-22-21(25)18-10-14-24(15-11-18)28(26,27)20-8-6-17(2)7-9-20/h6-9,18-19H,3-5,10-16H2,1-2H3,(H,22,25). The summed E-state index contributed by atoms with van der Waals surface area (Å²) in [6.45, 7) is 7.86. The van der Waals surface area contributed by atoms with Gasteiger partial charge in [-0.2, -0.15) is 4.31 Å². The van der Waals surface area contributed by atoms with Crippen molar-refractivity contribution in [2.24, 2.45) is 5.92 Å². The van der Waals surface area contributed by atoms with Crippen LogP contribution in [0.3, 0.4) is 0 Å². The minimum absolute atomic E-state index is 0.0741. The minimum Gasteiger partial charge on any atom is -0.354 e. The van der Waals surface area contributed by atoms with E-state index in [9.17, 15) is 13.2 Å². The van der Waals surface area contributed by atoms with Crippen molar-refractivity contribution in [1.29, 1.82) is 0 Å². The van der Waals surface area contributed by atoms with Gasteiger partial charge in [0.2, 0.25) is 15.9 Å². The second kappa shape index (κ2) is 9.37. The lowest BCUT2D eigenvalue weighted by Gasteiger charge is -2.31. The fourth-order valence-electron chi connectivity index (χ4n) is 4.22. The Morgan fingerprint density at radius 3 is 2.29 bits per heavy atom. The van der Waals surface area contributed by atoms with Crippen LogP contribution in [-0.2, 0) is 14.8 Å². The third-order valence-corrected chi connectivity index (χ3v) is 8.04. The van der Waals surface area contributed by atoms with E-state index in [1.54, 1.807) is 12.1 Å². The number of hydrogen-bond acceptors (Lipinski definition) is 4. The maximum absolute atomic E-state index is 12.8. The van der Waals surface area contributed by atoms with Crippen LogP contribution in [0.25, 0.3) is 0 Å². The van der Waals surface area contributed by atoms with Gasteiger partial charge in [-0.25, -0.2) is 8.42 Å². The Morgan fingerprint density at radius 2 is 1.71 bits per heavy atom. The molecule has 1 atom stereocenters. The van der Waals surface area contributed by atoms with Gasteiger partial charge in [0.25, 0.3) is 0 Å². The summed E-state index contributed by atoms with van der Waals surface area (Å²) in [5.74, 6) is -0.0226. The first kappa shape index (κ1) is 21.3. The van der Waals surface area contributed by atoms with Crippen molar-refractivity contribution in [3.05, 3.63) is 29.8 Å². The van der Waals surface area contributed by atoms with Gasteiger partial charge < -0.3 is 5.32 Å². The molecule has 0 saturated carbocycles. The van der Waals surface area contributed by atoms with Crippen LogP contribution in [0.4, 0.5) is 0 Å². The van der Waals surface area contributed by atoms with Gasteiger partial charge >= 0.3 is 0 Å². The molecule has 2 aliphatic heterocycles. The Bertz CT molecular complexity index is 750. The van der Waals surface area contributed by atoms with Gasteiger partial charge in [0.05, 0.1) is 4.90 Å². The van der Waals surface area contributed by atoms with Gasteiger partial charge in [-0.15, -0.1) is 0 Å². The van der Waals surface area contributed by atoms with Crippen LogP contribution in [0.5, 0.6) is 0 Å². The fraction of sp³-hybridized carbons (Fsp3) is 0.667. The first-order valence-electron chi connectivity index (χ1n) is 10.5. The maximum Gasteiger partial charge on any atom is 0.243 e. The highest BCUT2D eigenvalue weighted by atomic mass is 32.2. The van der Waals surface area contributed by atoms with Crippen LogP contribution in [0.15, 0.2) is 29.2 Å². The molecular formula is C21H33N3O3S. The molecule has 2 aliphatic rings. The summed E-state index contributed by atoms with van der Waals surface area (Å²) >= 11 is 0. The number of amides is 1. The Labute approximate surface area is 169 Å². The molecule has 1 amide bonds. The smallest absolute Gasteiger partial charge is 0.243 e. The predicted molar refractivity (Wildman–Crippen MR) is 111 cm³/mol. The average molecular weight is 408 g/mol. The fourth-order valence-corrected chi connectivity index (χ4v) is 5.69. The highest BCUT2D eigenvalue weighted by Gasteiger charge is 2.32. The zero-order valence-corrected chi connectivity index (χ0v) is 17.9. The molecular weight excluding hydrogens is 374 g/mol. The SMILES string of the molecule is CCC(CNC(=O)C1CCN(S(=O)(=O)c2ccc(C)cc2)CC1)N1CCCC1. The van der Waals surface area contributed by atoms with Crippen LogP contribution in [0.1, 0.15) is 44.6 Å². The Hall–Kier alpha value is -1.44. The summed E-state index contributed by atoms with van der Waals surface area (Å²) in [6, 6.07) is 7.36. The van der Waals surface area contributed by atoms with Gasteiger partial charge in [-0.05, 0) is 64.3 Å². The molecule has 0 bridgehead atoms. The third-order valence-electron chi connectivity index (χ3n) is 6.12. The highest BCUT2D eigenvalue weighted by Crippen LogP contribution is 2.24. The lowest BCUT2D eigenvalue weighted by Crippen LogP contribution is -2.46. The summed E-state index contributed by atoms with van der Waals surface area (Å²) in [6.07, 6.45) is 4.69. The molecule has 7 heteroatoms. The summed E-state index contributed by atoms with van der Waals surface area (Å²) in [5, 5.41) is 3.12. The van der Waals surface area contributed by atoms with E-state index in [-0.39, 0.29) is 11.8 Å². The van der Waals surface area contributed by atoms with E-state index in [4.69, 9.17) is 0 Å². The molecule has 1 N–H and O–H groups in total. The van der Waals surface area contributed by atoms with Crippen molar-refractivity contribution < 1.29 is 13.2 Å². The summed E-state index contributed by atoms with van der Waals surface area (Å²) in [4.78, 5) is 15.4. The third kappa shape index (κ3) is 4.93.